The second kappa shape index (κ2) is 4.38. The lowest BCUT2D eigenvalue weighted by atomic mass is 10.3. The van der Waals surface area contributed by atoms with Crippen LogP contribution in [0.15, 0.2) is 0 Å². The van der Waals surface area contributed by atoms with Gasteiger partial charge >= 0.3 is 0 Å². The van der Waals surface area contributed by atoms with E-state index in [0.717, 1.165) is 24.1 Å². The van der Waals surface area contributed by atoms with E-state index >= 15 is 0 Å². The van der Waals surface area contributed by atoms with Crippen LogP contribution >= 0.6 is 0 Å². The van der Waals surface area contributed by atoms with Gasteiger partial charge in [0.25, 0.3) is 0 Å². The summed E-state index contributed by atoms with van der Waals surface area (Å²) in [6.45, 7) is 5.95. The minimum absolute atomic E-state index is 0.582. The van der Waals surface area contributed by atoms with Crippen molar-refractivity contribution in [2.45, 2.75) is 25.9 Å². The molecule has 3 heteroatoms. The number of nitrogens with zero attached hydrogens (tertiary/aromatic N) is 2. The van der Waals surface area contributed by atoms with E-state index < -0.39 is 6.17 Å². The van der Waals surface area contributed by atoms with Gasteiger partial charge in [0.2, 0.25) is 0 Å². The van der Waals surface area contributed by atoms with Crippen molar-refractivity contribution in [2.24, 2.45) is 0 Å². The largest absolute Gasteiger partial charge is 0.316 e. The molecule has 1 rings (SSSR count). The summed E-state index contributed by atoms with van der Waals surface area (Å²) in [5.41, 5.74) is 0. The fourth-order valence-electron chi connectivity index (χ4n) is 2.13. The third-order valence-corrected chi connectivity index (χ3v) is 2.63. The number of halogens is 1. The smallest absolute Gasteiger partial charge is 0.134 e. The number of likely N-dealkylation sites (tertiary alicyclic amines) is 1. The Bertz CT molecular complexity index is 159. The first kappa shape index (κ1) is 10.9. The lowest BCUT2D eigenvalue weighted by molar-refractivity contribution is -0.900. The molecule has 0 radical (unpaired) electrons. The maximum Gasteiger partial charge on any atom is 0.134 e. The first-order valence-corrected chi connectivity index (χ1v) is 5.22. The Hall–Kier alpha value is -0.150. The zero-order valence-corrected chi connectivity index (χ0v) is 9.09. The Labute approximate surface area is 80.9 Å². The molecule has 0 aromatic heterocycles. The van der Waals surface area contributed by atoms with Gasteiger partial charge in [-0.3, -0.25) is 4.90 Å². The molecule has 0 aromatic carbocycles. The van der Waals surface area contributed by atoms with Gasteiger partial charge in [0, 0.05) is 13.1 Å². The molecule has 78 valence electrons. The molecule has 1 heterocycles. The molecule has 2 nitrogen and oxygen atoms in total. The highest BCUT2D eigenvalue weighted by Crippen LogP contribution is 2.14. The standard InChI is InChI=1S/C10H22FN2/c1-4-7-13(2,3)9-12-6-5-10(11)8-12/h10H,4-9H2,1-3H3/q+1. The van der Waals surface area contributed by atoms with E-state index in [1.54, 1.807) is 0 Å². The first-order chi connectivity index (χ1) is 6.03. The zero-order valence-electron chi connectivity index (χ0n) is 9.09. The monoisotopic (exact) mass is 189 g/mol. The van der Waals surface area contributed by atoms with Gasteiger partial charge in [-0.1, -0.05) is 6.92 Å². The minimum Gasteiger partial charge on any atom is -0.316 e. The van der Waals surface area contributed by atoms with Crippen molar-refractivity contribution < 1.29 is 8.87 Å². The minimum atomic E-state index is -0.582. The third kappa shape index (κ3) is 3.61. The fraction of sp³-hybridized carbons (Fsp3) is 1.00. The Morgan fingerprint density at radius 2 is 2.15 bits per heavy atom. The number of alkyl halides is 1. The average Bonchev–Trinajstić information content (AvgIpc) is 2.34. The summed E-state index contributed by atoms with van der Waals surface area (Å²) in [5, 5.41) is 0. The Morgan fingerprint density at radius 3 is 2.62 bits per heavy atom. The summed E-state index contributed by atoms with van der Waals surface area (Å²) in [6.07, 6.45) is 1.34. The molecule has 1 unspecified atom stereocenters. The van der Waals surface area contributed by atoms with E-state index in [0.29, 0.717) is 6.54 Å². The lowest BCUT2D eigenvalue weighted by Gasteiger charge is -2.33. The van der Waals surface area contributed by atoms with Gasteiger partial charge in [-0.25, -0.2) is 4.39 Å². The van der Waals surface area contributed by atoms with Crippen LogP contribution in [-0.4, -0.2) is 56.0 Å². The molecule has 0 spiro atoms. The maximum atomic E-state index is 12.9. The molecule has 0 N–H and O–H groups in total. The molecule has 0 aromatic rings. The highest BCUT2D eigenvalue weighted by atomic mass is 19.1. The molecule has 13 heavy (non-hydrogen) atoms. The molecule has 1 aliphatic heterocycles. The molecule has 1 fully saturated rings. The van der Waals surface area contributed by atoms with Gasteiger partial charge in [0.1, 0.15) is 12.8 Å². The van der Waals surface area contributed by atoms with Gasteiger partial charge in [-0.2, -0.15) is 0 Å². The van der Waals surface area contributed by atoms with Crippen molar-refractivity contribution in [3.05, 3.63) is 0 Å². The van der Waals surface area contributed by atoms with Crippen molar-refractivity contribution in [1.82, 2.24) is 4.90 Å². The van der Waals surface area contributed by atoms with E-state index in [-0.39, 0.29) is 0 Å². The second-order valence-corrected chi connectivity index (χ2v) is 4.76. The normalized spacial score (nSPS) is 25.4. The summed E-state index contributed by atoms with van der Waals surface area (Å²) >= 11 is 0. The Morgan fingerprint density at radius 1 is 1.46 bits per heavy atom. The zero-order chi connectivity index (χ0) is 9.90. The van der Waals surface area contributed by atoms with Crippen molar-refractivity contribution in [3.8, 4) is 0 Å². The SMILES string of the molecule is CCC[N+](C)(C)CN1CCC(F)C1. The summed E-state index contributed by atoms with van der Waals surface area (Å²) in [6, 6.07) is 0. The van der Waals surface area contributed by atoms with Crippen molar-refractivity contribution in [3.63, 3.8) is 0 Å². The highest BCUT2D eigenvalue weighted by molar-refractivity contribution is 4.72. The lowest BCUT2D eigenvalue weighted by Crippen LogP contribution is -2.48. The first-order valence-electron chi connectivity index (χ1n) is 5.22. The van der Waals surface area contributed by atoms with Gasteiger partial charge in [0.05, 0.1) is 20.6 Å². The van der Waals surface area contributed by atoms with Gasteiger partial charge in [-0.05, 0) is 12.8 Å². The molecule has 0 bridgehead atoms. The number of hydrogen-bond donors (Lipinski definition) is 0. The predicted octanol–water partition coefficient (Wildman–Crippen LogP) is 1.47. The maximum absolute atomic E-state index is 12.9. The highest BCUT2D eigenvalue weighted by Gasteiger charge is 2.26. The quantitative estimate of drug-likeness (QED) is 0.605. The van der Waals surface area contributed by atoms with Crippen molar-refractivity contribution >= 4 is 0 Å². The molecule has 0 aliphatic carbocycles. The molecular formula is C10H22FN2+. The predicted molar refractivity (Wildman–Crippen MR) is 53.2 cm³/mol. The number of rotatable bonds is 4. The van der Waals surface area contributed by atoms with Crippen LogP contribution in [0.5, 0.6) is 0 Å². The Balaban J connectivity index is 2.30. The fourth-order valence-corrected chi connectivity index (χ4v) is 2.13. The van der Waals surface area contributed by atoms with Crippen LogP contribution in [-0.2, 0) is 0 Å². The Kier molecular flexibility index (Phi) is 3.68. The van der Waals surface area contributed by atoms with Gasteiger partial charge < -0.3 is 4.48 Å². The van der Waals surface area contributed by atoms with Crippen LogP contribution in [0.2, 0.25) is 0 Å². The average molecular weight is 189 g/mol. The summed E-state index contributed by atoms with van der Waals surface area (Å²) in [5.74, 6) is 0. The summed E-state index contributed by atoms with van der Waals surface area (Å²) in [4.78, 5) is 2.24. The molecule has 0 saturated carbocycles. The summed E-state index contributed by atoms with van der Waals surface area (Å²) in [7, 11) is 4.43. The van der Waals surface area contributed by atoms with Crippen LogP contribution in [0.25, 0.3) is 0 Å². The molecule has 1 aliphatic rings. The van der Waals surface area contributed by atoms with Gasteiger partial charge in [-0.15, -0.1) is 0 Å². The number of hydrogen-bond acceptors (Lipinski definition) is 1. The van der Waals surface area contributed by atoms with Crippen LogP contribution < -0.4 is 0 Å². The molecule has 1 atom stereocenters. The van der Waals surface area contributed by atoms with Crippen LogP contribution in [0, 0.1) is 0 Å². The number of quaternary nitrogens is 1. The molecular weight excluding hydrogens is 167 g/mol. The van der Waals surface area contributed by atoms with Crippen molar-refractivity contribution in [1.29, 1.82) is 0 Å². The van der Waals surface area contributed by atoms with E-state index in [4.69, 9.17) is 0 Å². The summed E-state index contributed by atoms with van der Waals surface area (Å²) < 4.78 is 13.9. The van der Waals surface area contributed by atoms with E-state index in [1.807, 2.05) is 0 Å². The van der Waals surface area contributed by atoms with E-state index in [9.17, 15) is 4.39 Å². The van der Waals surface area contributed by atoms with Crippen molar-refractivity contribution in [2.75, 3.05) is 40.4 Å². The third-order valence-electron chi connectivity index (χ3n) is 2.63. The van der Waals surface area contributed by atoms with E-state index in [2.05, 4.69) is 25.9 Å². The van der Waals surface area contributed by atoms with Gasteiger partial charge in [0.15, 0.2) is 0 Å². The molecule has 1 saturated heterocycles. The van der Waals surface area contributed by atoms with Crippen LogP contribution in [0.4, 0.5) is 4.39 Å². The topological polar surface area (TPSA) is 3.24 Å². The molecule has 0 amide bonds. The van der Waals surface area contributed by atoms with E-state index in [1.165, 1.54) is 13.0 Å². The van der Waals surface area contributed by atoms with Crippen LogP contribution in [0.1, 0.15) is 19.8 Å². The van der Waals surface area contributed by atoms with Crippen LogP contribution in [0.3, 0.4) is 0 Å². The second-order valence-electron chi connectivity index (χ2n) is 4.76.